The van der Waals surface area contributed by atoms with E-state index in [9.17, 15) is 0 Å². The topological polar surface area (TPSA) is 39.6 Å². The van der Waals surface area contributed by atoms with Gasteiger partial charge in [-0.25, -0.2) is 0 Å². The third-order valence-corrected chi connectivity index (χ3v) is 3.23. The van der Waals surface area contributed by atoms with Crippen molar-refractivity contribution in [1.82, 2.24) is 4.98 Å². The van der Waals surface area contributed by atoms with Crippen molar-refractivity contribution in [3.05, 3.63) is 35.0 Å². The number of nitriles is 1. The number of hydrogen-bond acceptors (Lipinski definition) is 1. The molecule has 1 aliphatic rings. The number of H-pyrrole nitrogens is 1. The predicted octanol–water partition coefficient (Wildman–Crippen LogP) is 2.77. The van der Waals surface area contributed by atoms with Gasteiger partial charge >= 0.3 is 0 Å². The Bertz CT molecular complexity index is 572. The SMILES string of the molecule is C[C@@H]1Cc2[nH]c3ccc(C#N)cc3c2C1. The van der Waals surface area contributed by atoms with E-state index >= 15 is 0 Å². The van der Waals surface area contributed by atoms with Gasteiger partial charge in [-0.05, 0) is 42.5 Å². The molecule has 0 saturated heterocycles. The first-order valence-electron chi connectivity index (χ1n) is 5.31. The van der Waals surface area contributed by atoms with Gasteiger partial charge in [-0.3, -0.25) is 0 Å². The minimum absolute atomic E-state index is 0.737. The Labute approximate surface area is 88.5 Å². The van der Waals surface area contributed by atoms with Gasteiger partial charge < -0.3 is 4.98 Å². The lowest BCUT2D eigenvalue weighted by Crippen LogP contribution is -1.92. The molecule has 0 fully saturated rings. The Hall–Kier alpha value is -1.75. The van der Waals surface area contributed by atoms with Crippen LogP contribution in [0.25, 0.3) is 10.9 Å². The van der Waals surface area contributed by atoms with Crippen molar-refractivity contribution in [2.45, 2.75) is 19.8 Å². The second-order valence-electron chi connectivity index (χ2n) is 4.47. The van der Waals surface area contributed by atoms with Crippen molar-refractivity contribution < 1.29 is 0 Å². The summed E-state index contributed by atoms with van der Waals surface area (Å²) in [6.07, 6.45) is 2.29. The number of nitrogens with one attached hydrogen (secondary N) is 1. The van der Waals surface area contributed by atoms with Gasteiger partial charge in [0, 0.05) is 16.6 Å². The normalized spacial score (nSPS) is 19.1. The molecule has 0 spiro atoms. The highest BCUT2D eigenvalue weighted by molar-refractivity contribution is 5.86. The highest BCUT2D eigenvalue weighted by Crippen LogP contribution is 2.33. The van der Waals surface area contributed by atoms with Crippen molar-refractivity contribution in [3.63, 3.8) is 0 Å². The highest BCUT2D eigenvalue weighted by Gasteiger charge is 2.22. The number of nitrogens with zero attached hydrogens (tertiary/aromatic N) is 1. The molecule has 0 saturated carbocycles. The minimum Gasteiger partial charge on any atom is -0.358 e. The van der Waals surface area contributed by atoms with Crippen LogP contribution >= 0.6 is 0 Å². The number of aromatic amines is 1. The van der Waals surface area contributed by atoms with Crippen LogP contribution in [0.4, 0.5) is 0 Å². The summed E-state index contributed by atoms with van der Waals surface area (Å²) in [4.78, 5) is 3.45. The second kappa shape index (κ2) is 2.87. The first kappa shape index (κ1) is 8.55. The van der Waals surface area contributed by atoms with Crippen LogP contribution in [-0.4, -0.2) is 4.98 Å². The van der Waals surface area contributed by atoms with E-state index in [0.717, 1.165) is 24.3 Å². The molecule has 2 heteroatoms. The first-order valence-corrected chi connectivity index (χ1v) is 5.31. The smallest absolute Gasteiger partial charge is 0.0991 e. The van der Waals surface area contributed by atoms with E-state index in [-0.39, 0.29) is 0 Å². The fraction of sp³-hybridized carbons (Fsp3) is 0.308. The van der Waals surface area contributed by atoms with E-state index in [1.54, 1.807) is 0 Å². The number of fused-ring (bicyclic) bond motifs is 3. The summed E-state index contributed by atoms with van der Waals surface area (Å²) >= 11 is 0. The summed E-state index contributed by atoms with van der Waals surface area (Å²) in [5.41, 5.74) is 4.72. The van der Waals surface area contributed by atoms with Crippen LogP contribution in [0.15, 0.2) is 18.2 Å². The molecule has 1 heterocycles. The Morgan fingerprint density at radius 1 is 1.40 bits per heavy atom. The van der Waals surface area contributed by atoms with Crippen molar-refractivity contribution in [1.29, 1.82) is 5.26 Å². The maximum atomic E-state index is 8.87. The lowest BCUT2D eigenvalue weighted by atomic mass is 10.1. The average Bonchev–Trinajstić information content (AvgIpc) is 2.73. The number of rotatable bonds is 0. The van der Waals surface area contributed by atoms with Gasteiger partial charge in [-0.15, -0.1) is 0 Å². The summed E-state index contributed by atoms with van der Waals surface area (Å²) < 4.78 is 0. The quantitative estimate of drug-likeness (QED) is 0.691. The molecule has 1 atom stereocenters. The number of aromatic nitrogens is 1. The maximum absolute atomic E-state index is 8.87. The maximum Gasteiger partial charge on any atom is 0.0991 e. The zero-order valence-electron chi connectivity index (χ0n) is 8.67. The van der Waals surface area contributed by atoms with E-state index in [4.69, 9.17) is 5.26 Å². The first-order chi connectivity index (χ1) is 7.28. The molecule has 2 nitrogen and oxygen atoms in total. The van der Waals surface area contributed by atoms with Gasteiger partial charge in [0.1, 0.15) is 0 Å². The van der Waals surface area contributed by atoms with Crippen LogP contribution in [0.2, 0.25) is 0 Å². The molecule has 15 heavy (non-hydrogen) atoms. The summed E-state index contributed by atoms with van der Waals surface area (Å²) in [5, 5.41) is 10.1. The fourth-order valence-corrected chi connectivity index (χ4v) is 2.55. The van der Waals surface area contributed by atoms with Crippen molar-refractivity contribution in [2.24, 2.45) is 5.92 Å². The summed E-state index contributed by atoms with van der Waals surface area (Å²) in [5.74, 6) is 0.737. The van der Waals surface area contributed by atoms with E-state index in [2.05, 4.69) is 18.0 Å². The van der Waals surface area contributed by atoms with Crippen LogP contribution < -0.4 is 0 Å². The standard InChI is InChI=1S/C13H12N2/c1-8-4-10-11-6-9(7-14)2-3-12(11)15-13(10)5-8/h2-3,6,8,15H,4-5H2,1H3/t8-/m0/s1. The molecule has 1 N–H and O–H groups in total. The number of benzene rings is 1. The molecule has 2 aromatic rings. The fourth-order valence-electron chi connectivity index (χ4n) is 2.55. The molecular weight excluding hydrogens is 184 g/mol. The summed E-state index contributed by atoms with van der Waals surface area (Å²) in [7, 11) is 0. The van der Waals surface area contributed by atoms with Gasteiger partial charge in [-0.1, -0.05) is 6.92 Å². The molecule has 74 valence electrons. The zero-order chi connectivity index (χ0) is 10.4. The summed E-state index contributed by atoms with van der Waals surface area (Å²) in [6.45, 7) is 2.27. The van der Waals surface area contributed by atoms with Crippen LogP contribution in [0.1, 0.15) is 23.7 Å². The minimum atomic E-state index is 0.737. The molecule has 1 aromatic carbocycles. The van der Waals surface area contributed by atoms with Crippen LogP contribution in [0.3, 0.4) is 0 Å². The van der Waals surface area contributed by atoms with Gasteiger partial charge in [-0.2, -0.15) is 5.26 Å². The van der Waals surface area contributed by atoms with Crippen molar-refractivity contribution in [2.75, 3.05) is 0 Å². The Balaban J connectivity index is 2.28. The second-order valence-corrected chi connectivity index (χ2v) is 4.47. The number of hydrogen-bond donors (Lipinski definition) is 1. The summed E-state index contributed by atoms with van der Waals surface area (Å²) in [6, 6.07) is 8.08. The molecule has 1 aromatic heterocycles. The molecule has 3 rings (SSSR count). The van der Waals surface area contributed by atoms with Gasteiger partial charge in [0.25, 0.3) is 0 Å². The van der Waals surface area contributed by atoms with Crippen molar-refractivity contribution >= 4 is 10.9 Å². The van der Waals surface area contributed by atoms with E-state index < -0.39 is 0 Å². The molecule has 0 bridgehead atoms. The van der Waals surface area contributed by atoms with E-state index in [0.29, 0.717) is 0 Å². The third-order valence-electron chi connectivity index (χ3n) is 3.23. The average molecular weight is 196 g/mol. The zero-order valence-corrected chi connectivity index (χ0v) is 8.67. The Morgan fingerprint density at radius 3 is 3.07 bits per heavy atom. The van der Waals surface area contributed by atoms with Gasteiger partial charge in [0.05, 0.1) is 11.6 Å². The molecule has 0 unspecified atom stereocenters. The monoisotopic (exact) mass is 196 g/mol. The van der Waals surface area contributed by atoms with E-state index in [1.165, 1.54) is 22.2 Å². The van der Waals surface area contributed by atoms with Crippen LogP contribution in [0.5, 0.6) is 0 Å². The van der Waals surface area contributed by atoms with Gasteiger partial charge in [0.2, 0.25) is 0 Å². The lowest BCUT2D eigenvalue weighted by molar-refractivity contribution is 0.623. The third kappa shape index (κ3) is 1.16. The Morgan fingerprint density at radius 2 is 2.27 bits per heavy atom. The molecule has 0 aliphatic heterocycles. The molecule has 1 aliphatic carbocycles. The molecular formula is C13H12N2. The molecule has 0 amide bonds. The van der Waals surface area contributed by atoms with E-state index in [1.807, 2.05) is 18.2 Å². The van der Waals surface area contributed by atoms with Crippen molar-refractivity contribution in [3.8, 4) is 6.07 Å². The predicted molar refractivity (Wildman–Crippen MR) is 59.6 cm³/mol. The Kier molecular flexibility index (Phi) is 1.63. The molecule has 0 radical (unpaired) electrons. The largest absolute Gasteiger partial charge is 0.358 e. The van der Waals surface area contributed by atoms with Crippen LogP contribution in [-0.2, 0) is 12.8 Å². The lowest BCUT2D eigenvalue weighted by Gasteiger charge is -1.99. The van der Waals surface area contributed by atoms with Gasteiger partial charge in [0.15, 0.2) is 0 Å². The highest BCUT2D eigenvalue weighted by atomic mass is 14.7. The van der Waals surface area contributed by atoms with Crippen LogP contribution in [0, 0.1) is 17.2 Å².